The summed E-state index contributed by atoms with van der Waals surface area (Å²) in [7, 11) is 0. The summed E-state index contributed by atoms with van der Waals surface area (Å²) in [5.74, 6) is 0. The molecule has 9 heavy (non-hydrogen) atoms. The molecule has 1 aliphatic rings. The minimum absolute atomic E-state index is 0.686. The van der Waals surface area contributed by atoms with Crippen LogP contribution < -0.4 is 5.32 Å². The van der Waals surface area contributed by atoms with Gasteiger partial charge in [-0.3, -0.25) is 15.4 Å². The second kappa shape index (κ2) is 1.81. The third-order valence-electron chi connectivity index (χ3n) is 0.759. The highest BCUT2D eigenvalue weighted by Crippen LogP contribution is 1.90. The van der Waals surface area contributed by atoms with Gasteiger partial charge in [-0.05, 0) is 0 Å². The number of hydrogen-bond acceptors (Lipinski definition) is 3. The van der Waals surface area contributed by atoms with Crippen molar-refractivity contribution in [3.63, 3.8) is 0 Å². The maximum atomic E-state index is 10.1. The second-order valence-corrected chi connectivity index (χ2v) is 1.38. The minimum atomic E-state index is -1.25. The molecule has 6 nitrogen and oxygen atoms in total. The molecule has 1 aliphatic heterocycles. The Bertz CT molecular complexity index is 187. The average Bonchev–Trinajstić information content (AvgIpc) is 2.14. The molecule has 0 aromatic carbocycles. The highest BCUT2D eigenvalue weighted by Gasteiger charge is 2.25. The molecule has 1 atom stereocenters. The van der Waals surface area contributed by atoms with E-state index in [4.69, 9.17) is 0 Å². The Balaban J connectivity index is 2.60. The van der Waals surface area contributed by atoms with E-state index in [2.05, 4.69) is 4.99 Å². The summed E-state index contributed by atoms with van der Waals surface area (Å²) in [6.45, 7) is 0. The molecular formula is C3H2N3O3. The van der Waals surface area contributed by atoms with Gasteiger partial charge in [0.25, 0.3) is 0 Å². The molecule has 1 heterocycles. The Morgan fingerprint density at radius 2 is 2.56 bits per heavy atom. The van der Waals surface area contributed by atoms with E-state index >= 15 is 0 Å². The normalized spacial score (nSPS) is 24.0. The topological polar surface area (TPSA) is 84.6 Å². The minimum Gasteiger partial charge on any atom is -0.268 e. The van der Waals surface area contributed by atoms with Crippen molar-refractivity contribution in [3.05, 3.63) is 10.1 Å². The summed E-state index contributed by atoms with van der Waals surface area (Å²) in [6.07, 6.45) is 0.719. The van der Waals surface area contributed by atoms with Crippen molar-refractivity contribution in [2.24, 2.45) is 4.99 Å². The van der Waals surface area contributed by atoms with Crippen LogP contribution in [0.15, 0.2) is 4.99 Å². The van der Waals surface area contributed by atoms with Crippen molar-refractivity contribution in [2.75, 3.05) is 0 Å². The lowest BCUT2D eigenvalue weighted by molar-refractivity contribution is -0.504. The fraction of sp³-hybridized carbons (Fsp3) is 0.333. The number of aliphatic imine (C=N–C) groups is 1. The number of carbonyl (C=O) groups is 1. The standard InChI is InChI=1S/C3H2N3O3/c7-3-4-1-2(5-3)6(8)9/h2H,(H,5,7). The summed E-state index contributed by atoms with van der Waals surface area (Å²) >= 11 is 0. The SMILES string of the molecule is O=C1N=[C]C([N+](=O)[O-])N1. The molecule has 6 heteroatoms. The van der Waals surface area contributed by atoms with Gasteiger partial charge in [0.05, 0.1) is 4.92 Å². The first-order valence-electron chi connectivity index (χ1n) is 2.10. The molecule has 0 fully saturated rings. The van der Waals surface area contributed by atoms with Gasteiger partial charge in [0.1, 0.15) is 0 Å². The third-order valence-corrected chi connectivity index (χ3v) is 0.759. The van der Waals surface area contributed by atoms with Crippen LogP contribution in [-0.4, -0.2) is 23.3 Å². The lowest BCUT2D eigenvalue weighted by Gasteiger charge is -1.93. The van der Waals surface area contributed by atoms with Crippen molar-refractivity contribution in [2.45, 2.75) is 6.17 Å². The first-order chi connectivity index (χ1) is 4.20. The molecule has 0 saturated carbocycles. The van der Waals surface area contributed by atoms with E-state index in [1.54, 1.807) is 0 Å². The third kappa shape index (κ3) is 1.01. The molecule has 2 amide bonds. The van der Waals surface area contributed by atoms with Crippen LogP contribution in [0.2, 0.25) is 0 Å². The fourth-order valence-electron chi connectivity index (χ4n) is 0.401. The molecular weight excluding hydrogens is 126 g/mol. The first kappa shape index (κ1) is 5.67. The molecule has 1 N–H and O–H groups in total. The Kier molecular flexibility index (Phi) is 1.14. The molecule has 0 aromatic heterocycles. The molecule has 47 valence electrons. The van der Waals surface area contributed by atoms with Gasteiger partial charge in [0, 0.05) is 0 Å². The molecule has 1 unspecified atom stereocenters. The second-order valence-electron chi connectivity index (χ2n) is 1.38. The van der Waals surface area contributed by atoms with Crippen molar-refractivity contribution < 1.29 is 9.72 Å². The van der Waals surface area contributed by atoms with Crippen molar-refractivity contribution in [1.29, 1.82) is 0 Å². The van der Waals surface area contributed by atoms with E-state index in [0.29, 0.717) is 0 Å². The summed E-state index contributed by atoms with van der Waals surface area (Å²) in [5, 5.41) is 11.8. The Hall–Kier alpha value is -1.46. The van der Waals surface area contributed by atoms with Gasteiger partial charge in [-0.25, -0.2) is 4.79 Å². The molecule has 1 radical (unpaired) electrons. The maximum Gasteiger partial charge on any atom is 0.347 e. The Labute approximate surface area is 49.7 Å². The Morgan fingerprint density at radius 1 is 1.89 bits per heavy atom. The highest BCUT2D eigenvalue weighted by atomic mass is 16.6. The molecule has 0 bridgehead atoms. The molecule has 0 aromatic rings. The van der Waals surface area contributed by atoms with Crippen LogP contribution in [0.1, 0.15) is 0 Å². The summed E-state index contributed by atoms with van der Waals surface area (Å²) in [4.78, 5) is 22.2. The van der Waals surface area contributed by atoms with E-state index in [9.17, 15) is 14.9 Å². The van der Waals surface area contributed by atoms with Crippen LogP contribution in [0.3, 0.4) is 0 Å². The van der Waals surface area contributed by atoms with Crippen molar-refractivity contribution in [3.8, 4) is 0 Å². The zero-order valence-corrected chi connectivity index (χ0v) is 4.20. The quantitative estimate of drug-likeness (QED) is 0.372. The number of urea groups is 1. The first-order valence-corrected chi connectivity index (χ1v) is 2.10. The van der Waals surface area contributed by atoms with E-state index in [0.717, 1.165) is 0 Å². The summed E-state index contributed by atoms with van der Waals surface area (Å²) < 4.78 is 0. The summed E-state index contributed by atoms with van der Waals surface area (Å²) in [5.41, 5.74) is 0. The predicted molar refractivity (Wildman–Crippen MR) is 26.7 cm³/mol. The molecule has 1 rings (SSSR count). The van der Waals surface area contributed by atoms with E-state index in [1.165, 1.54) is 0 Å². The fourth-order valence-corrected chi connectivity index (χ4v) is 0.401. The predicted octanol–water partition coefficient (Wildman–Crippen LogP) is -0.740. The molecule has 0 spiro atoms. The number of hydrogen-bond donors (Lipinski definition) is 1. The van der Waals surface area contributed by atoms with Crippen LogP contribution in [0.5, 0.6) is 0 Å². The maximum absolute atomic E-state index is 10.1. The van der Waals surface area contributed by atoms with Crippen LogP contribution in [0.4, 0.5) is 4.79 Å². The van der Waals surface area contributed by atoms with Gasteiger partial charge in [-0.2, -0.15) is 4.99 Å². The highest BCUT2D eigenvalue weighted by molar-refractivity contribution is 5.91. The lowest BCUT2D eigenvalue weighted by Crippen LogP contribution is -2.34. The number of amides is 2. The van der Waals surface area contributed by atoms with Crippen molar-refractivity contribution in [1.82, 2.24) is 5.32 Å². The van der Waals surface area contributed by atoms with E-state index < -0.39 is 17.1 Å². The zero-order chi connectivity index (χ0) is 6.85. The van der Waals surface area contributed by atoms with Crippen molar-refractivity contribution >= 4 is 12.2 Å². The number of nitrogens with zero attached hydrogens (tertiary/aromatic N) is 2. The molecule has 0 aliphatic carbocycles. The Morgan fingerprint density at radius 3 is 2.78 bits per heavy atom. The van der Waals surface area contributed by atoms with Crippen LogP contribution >= 0.6 is 0 Å². The zero-order valence-electron chi connectivity index (χ0n) is 4.20. The van der Waals surface area contributed by atoms with E-state index in [-0.39, 0.29) is 0 Å². The van der Waals surface area contributed by atoms with Gasteiger partial charge in [0.15, 0.2) is 6.21 Å². The van der Waals surface area contributed by atoms with Gasteiger partial charge < -0.3 is 0 Å². The number of nitro groups is 1. The van der Waals surface area contributed by atoms with Gasteiger partial charge in [-0.1, -0.05) is 0 Å². The average molecular weight is 128 g/mol. The largest absolute Gasteiger partial charge is 0.347 e. The van der Waals surface area contributed by atoms with Gasteiger partial charge in [0.2, 0.25) is 0 Å². The monoisotopic (exact) mass is 128 g/mol. The number of carbonyl (C=O) groups excluding carboxylic acids is 1. The smallest absolute Gasteiger partial charge is 0.268 e. The van der Waals surface area contributed by atoms with Gasteiger partial charge >= 0.3 is 12.2 Å². The lowest BCUT2D eigenvalue weighted by atomic mass is 10.6. The van der Waals surface area contributed by atoms with E-state index in [1.807, 2.05) is 11.5 Å². The summed E-state index contributed by atoms with van der Waals surface area (Å²) in [6, 6.07) is -0.711. The van der Waals surface area contributed by atoms with Crippen LogP contribution in [-0.2, 0) is 0 Å². The van der Waals surface area contributed by atoms with Crippen LogP contribution in [0.25, 0.3) is 0 Å². The number of rotatable bonds is 1. The van der Waals surface area contributed by atoms with Gasteiger partial charge in [-0.15, -0.1) is 0 Å². The number of nitrogens with one attached hydrogen (secondary N) is 1. The molecule has 0 saturated heterocycles. The van der Waals surface area contributed by atoms with Crippen LogP contribution in [0, 0.1) is 10.1 Å².